The minimum atomic E-state index is -1.74. The van der Waals surface area contributed by atoms with Gasteiger partial charge in [-0.3, -0.25) is 0 Å². The Bertz CT molecular complexity index is 866. The third kappa shape index (κ3) is 6.58. The first-order valence-electron chi connectivity index (χ1n) is 15.1. The molecular weight excluding hydrogens is 452 g/mol. The number of allylic oxidation sites excluding steroid dienone is 6. The van der Waals surface area contributed by atoms with Gasteiger partial charge in [-0.2, -0.15) is 0 Å². The molecule has 204 valence electrons. The van der Waals surface area contributed by atoms with E-state index >= 15 is 0 Å². The van der Waals surface area contributed by atoms with Gasteiger partial charge < -0.3 is 4.43 Å². The Kier molecular flexibility index (Phi) is 9.47. The van der Waals surface area contributed by atoms with Gasteiger partial charge in [0.05, 0.1) is 0 Å². The van der Waals surface area contributed by atoms with Gasteiger partial charge in [0.1, 0.15) is 0 Å². The fourth-order valence-corrected chi connectivity index (χ4v) is 8.31. The zero-order chi connectivity index (χ0) is 26.9. The van der Waals surface area contributed by atoms with Crippen molar-refractivity contribution in [2.24, 2.45) is 35.0 Å². The summed E-state index contributed by atoms with van der Waals surface area (Å²) in [6.45, 7) is 28.4. The Morgan fingerprint density at radius 2 is 1.69 bits per heavy atom. The van der Waals surface area contributed by atoms with Crippen LogP contribution in [-0.4, -0.2) is 14.4 Å². The summed E-state index contributed by atoms with van der Waals surface area (Å²) in [5, 5.41) is 0.262. The average molecular weight is 511 g/mol. The second kappa shape index (κ2) is 11.5. The minimum absolute atomic E-state index is 0.262. The molecule has 2 heteroatoms. The monoisotopic (exact) mass is 510 g/mol. The molecule has 0 aromatic carbocycles. The van der Waals surface area contributed by atoms with Gasteiger partial charge in [-0.1, -0.05) is 97.4 Å². The van der Waals surface area contributed by atoms with Gasteiger partial charge in [0, 0.05) is 6.10 Å². The number of hydrogen-bond acceptors (Lipinski definition) is 1. The van der Waals surface area contributed by atoms with Crippen molar-refractivity contribution in [1.82, 2.24) is 0 Å². The van der Waals surface area contributed by atoms with E-state index in [1.54, 1.807) is 5.57 Å². The number of rotatable bonds is 7. The number of fused-ring (bicyclic) bond motifs is 1. The molecule has 3 fully saturated rings. The summed E-state index contributed by atoms with van der Waals surface area (Å²) < 4.78 is 6.82. The van der Waals surface area contributed by atoms with Crippen molar-refractivity contribution in [2.75, 3.05) is 0 Å². The van der Waals surface area contributed by atoms with Crippen LogP contribution in [0.2, 0.25) is 18.1 Å². The predicted octanol–water partition coefficient (Wildman–Crippen LogP) is 10.7. The van der Waals surface area contributed by atoms with Crippen molar-refractivity contribution in [1.29, 1.82) is 0 Å². The van der Waals surface area contributed by atoms with E-state index in [0.717, 1.165) is 37.0 Å². The molecular formula is C34H58OSi. The Labute approximate surface area is 226 Å². The van der Waals surface area contributed by atoms with E-state index in [1.807, 2.05) is 0 Å². The van der Waals surface area contributed by atoms with Crippen LogP contribution in [0, 0.1) is 35.0 Å². The van der Waals surface area contributed by atoms with E-state index in [9.17, 15) is 0 Å². The molecule has 3 saturated carbocycles. The SMILES string of the molecule is C=C1CC[C@H](O[Si](C)(C)C(C)(C)C)C/C1=C/C=C1/CCC[C@]2(C)[C@@H]([C@H](C)C=C[C@H](C)C(C)C)CC[C@@H]12. The van der Waals surface area contributed by atoms with Crippen molar-refractivity contribution in [3.05, 3.63) is 47.6 Å². The molecule has 0 aliphatic heterocycles. The lowest BCUT2D eigenvalue weighted by Crippen LogP contribution is -2.44. The Balaban J connectivity index is 1.73. The molecule has 0 unspecified atom stereocenters. The maximum absolute atomic E-state index is 6.82. The molecule has 0 heterocycles. The molecule has 3 aliphatic rings. The standard InChI is InChI=1S/C34H58OSi/c1-24(2)25(3)14-15-27(5)31-20-21-32-28(13-12-22-34(31,32)9)17-18-29-23-30(19-16-26(29)4)35-36(10,11)33(6,7)8/h14-15,17-18,24-25,27,30-32H,4,12-13,16,19-23H2,1-3,5-11H3/b15-14?,28-17-,29-18-/t25-,27+,30-,31+,32-,34+/m0/s1. The maximum Gasteiger partial charge on any atom is 0.192 e. The van der Waals surface area contributed by atoms with Crippen molar-refractivity contribution < 1.29 is 4.43 Å². The first kappa shape index (κ1) is 29.7. The molecule has 6 atom stereocenters. The molecule has 36 heavy (non-hydrogen) atoms. The van der Waals surface area contributed by atoms with E-state index in [0.29, 0.717) is 23.4 Å². The highest BCUT2D eigenvalue weighted by atomic mass is 28.4. The molecule has 0 aromatic heterocycles. The summed E-state index contributed by atoms with van der Waals surface area (Å²) >= 11 is 0. The van der Waals surface area contributed by atoms with Gasteiger partial charge in [0.2, 0.25) is 0 Å². The molecule has 0 N–H and O–H groups in total. The van der Waals surface area contributed by atoms with Gasteiger partial charge in [-0.05, 0) is 110 Å². The molecule has 3 aliphatic carbocycles. The van der Waals surface area contributed by atoms with Gasteiger partial charge >= 0.3 is 0 Å². The van der Waals surface area contributed by atoms with Crippen LogP contribution >= 0.6 is 0 Å². The summed E-state index contributed by atoms with van der Waals surface area (Å²) in [6, 6.07) is 0. The van der Waals surface area contributed by atoms with E-state index in [1.165, 1.54) is 43.3 Å². The minimum Gasteiger partial charge on any atom is -0.414 e. The van der Waals surface area contributed by atoms with Crippen LogP contribution in [0.1, 0.15) is 107 Å². The Hall–Kier alpha value is -0.863. The van der Waals surface area contributed by atoms with Crippen LogP contribution in [0.15, 0.2) is 47.6 Å². The lowest BCUT2D eigenvalue weighted by molar-refractivity contribution is 0.112. The van der Waals surface area contributed by atoms with Crippen molar-refractivity contribution in [3.8, 4) is 0 Å². The van der Waals surface area contributed by atoms with Gasteiger partial charge in [-0.25, -0.2) is 0 Å². The normalized spacial score (nSPS) is 34.1. The summed E-state index contributed by atoms with van der Waals surface area (Å²) in [5.41, 5.74) is 4.94. The fraction of sp³-hybridized carbons (Fsp3) is 0.765. The van der Waals surface area contributed by atoms with E-state index < -0.39 is 8.32 Å². The summed E-state index contributed by atoms with van der Waals surface area (Å²) in [7, 11) is -1.74. The van der Waals surface area contributed by atoms with Crippen LogP contribution in [-0.2, 0) is 4.43 Å². The topological polar surface area (TPSA) is 9.23 Å². The number of hydrogen-bond donors (Lipinski definition) is 0. The van der Waals surface area contributed by atoms with Crippen LogP contribution in [0.25, 0.3) is 0 Å². The largest absolute Gasteiger partial charge is 0.414 e. The summed E-state index contributed by atoms with van der Waals surface area (Å²) in [6.07, 6.45) is 20.4. The van der Waals surface area contributed by atoms with Crippen LogP contribution in [0.4, 0.5) is 0 Å². The Morgan fingerprint density at radius 1 is 1.00 bits per heavy atom. The van der Waals surface area contributed by atoms with Crippen molar-refractivity contribution in [3.63, 3.8) is 0 Å². The maximum atomic E-state index is 6.82. The third-order valence-corrected chi connectivity index (χ3v) is 15.4. The fourth-order valence-electron chi connectivity index (χ4n) is 6.93. The first-order valence-corrected chi connectivity index (χ1v) is 18.0. The summed E-state index contributed by atoms with van der Waals surface area (Å²) in [4.78, 5) is 0. The zero-order valence-electron chi connectivity index (χ0n) is 25.5. The van der Waals surface area contributed by atoms with E-state index in [4.69, 9.17) is 4.43 Å². The third-order valence-electron chi connectivity index (χ3n) is 10.9. The predicted molar refractivity (Wildman–Crippen MR) is 162 cm³/mol. The lowest BCUT2D eigenvalue weighted by Gasteiger charge is -2.44. The highest BCUT2D eigenvalue weighted by Gasteiger charge is 2.50. The quantitative estimate of drug-likeness (QED) is 0.244. The van der Waals surface area contributed by atoms with Gasteiger partial charge in [-0.15, -0.1) is 0 Å². The second-order valence-corrected chi connectivity index (χ2v) is 19.5. The molecule has 0 spiro atoms. The van der Waals surface area contributed by atoms with E-state index in [2.05, 4.69) is 99.4 Å². The molecule has 0 bridgehead atoms. The molecule has 0 saturated heterocycles. The van der Waals surface area contributed by atoms with Crippen LogP contribution in [0.5, 0.6) is 0 Å². The molecule has 0 aromatic rings. The van der Waals surface area contributed by atoms with Crippen LogP contribution in [0.3, 0.4) is 0 Å². The van der Waals surface area contributed by atoms with Gasteiger partial charge in [0.15, 0.2) is 8.32 Å². The van der Waals surface area contributed by atoms with Gasteiger partial charge in [0.25, 0.3) is 0 Å². The second-order valence-electron chi connectivity index (χ2n) is 14.7. The highest BCUT2D eigenvalue weighted by molar-refractivity contribution is 6.74. The zero-order valence-corrected chi connectivity index (χ0v) is 26.5. The molecule has 0 amide bonds. The first-order chi connectivity index (χ1) is 16.7. The Morgan fingerprint density at radius 3 is 2.33 bits per heavy atom. The van der Waals surface area contributed by atoms with E-state index in [-0.39, 0.29) is 5.04 Å². The van der Waals surface area contributed by atoms with Crippen LogP contribution < -0.4 is 0 Å². The summed E-state index contributed by atoms with van der Waals surface area (Å²) in [5.74, 6) is 3.62. The molecule has 3 rings (SSSR count). The molecule has 0 radical (unpaired) electrons. The smallest absolute Gasteiger partial charge is 0.192 e. The molecule has 1 nitrogen and oxygen atoms in total. The average Bonchev–Trinajstić information content (AvgIpc) is 3.14. The van der Waals surface area contributed by atoms with Crippen molar-refractivity contribution >= 4 is 8.32 Å². The highest BCUT2D eigenvalue weighted by Crippen LogP contribution is 2.59. The van der Waals surface area contributed by atoms with Crippen molar-refractivity contribution in [2.45, 2.75) is 131 Å². The lowest BCUT2D eigenvalue weighted by atomic mass is 9.61.